The molecule has 108 valence electrons. The minimum Gasteiger partial charge on any atom is -0.355 e. The average molecular weight is 287 g/mol. The van der Waals surface area contributed by atoms with Crippen molar-refractivity contribution in [2.75, 3.05) is 5.32 Å². The van der Waals surface area contributed by atoms with Gasteiger partial charge in [-0.1, -0.05) is 54.6 Å². The number of carbonyl (C=O) groups is 1. The van der Waals surface area contributed by atoms with Gasteiger partial charge in [-0.2, -0.15) is 0 Å². The van der Waals surface area contributed by atoms with Gasteiger partial charge in [-0.15, -0.1) is 0 Å². The third kappa shape index (κ3) is 3.23. The number of hydrogen-bond donors (Lipinski definition) is 1. The summed E-state index contributed by atoms with van der Waals surface area (Å²) in [6.45, 7) is 0. The number of hydrogen-bond acceptors (Lipinski definition) is 2. The highest BCUT2D eigenvalue weighted by molar-refractivity contribution is 5.95. The summed E-state index contributed by atoms with van der Waals surface area (Å²) < 4.78 is 0. The number of anilines is 2. The van der Waals surface area contributed by atoms with E-state index in [1.807, 2.05) is 24.3 Å². The monoisotopic (exact) mass is 287 g/mol. The molecule has 0 aliphatic heterocycles. The van der Waals surface area contributed by atoms with Crippen molar-refractivity contribution < 1.29 is 4.79 Å². The predicted molar refractivity (Wildman–Crippen MR) is 92.6 cm³/mol. The SMILES string of the molecule is O=CC=CCc1cccc(Nc2cccc3ccccc23)c1. The van der Waals surface area contributed by atoms with Crippen LogP contribution in [0.3, 0.4) is 0 Å². The largest absolute Gasteiger partial charge is 0.355 e. The molecule has 0 unspecified atom stereocenters. The van der Waals surface area contributed by atoms with Crippen molar-refractivity contribution in [2.45, 2.75) is 6.42 Å². The van der Waals surface area contributed by atoms with Gasteiger partial charge in [0.2, 0.25) is 0 Å². The Bertz CT molecular complexity index is 815. The zero-order valence-corrected chi connectivity index (χ0v) is 12.2. The van der Waals surface area contributed by atoms with Crippen molar-refractivity contribution in [3.05, 3.63) is 84.4 Å². The van der Waals surface area contributed by atoms with Gasteiger partial charge in [0.25, 0.3) is 0 Å². The number of rotatable bonds is 5. The van der Waals surface area contributed by atoms with Crippen LogP contribution in [0.1, 0.15) is 5.56 Å². The van der Waals surface area contributed by atoms with Crippen LogP contribution in [0, 0.1) is 0 Å². The minimum atomic E-state index is 0.754. The maximum Gasteiger partial charge on any atom is 0.142 e. The van der Waals surface area contributed by atoms with Crippen LogP contribution in [-0.2, 0) is 11.2 Å². The summed E-state index contributed by atoms with van der Waals surface area (Å²) in [5, 5.41) is 5.91. The summed E-state index contributed by atoms with van der Waals surface area (Å²) >= 11 is 0. The number of allylic oxidation sites excluding steroid dienone is 2. The molecule has 2 nitrogen and oxygen atoms in total. The van der Waals surface area contributed by atoms with Gasteiger partial charge < -0.3 is 5.32 Å². The van der Waals surface area contributed by atoms with E-state index in [0.717, 1.165) is 24.1 Å². The number of carbonyl (C=O) groups excluding carboxylic acids is 1. The lowest BCUT2D eigenvalue weighted by molar-refractivity contribution is -0.104. The highest BCUT2D eigenvalue weighted by Gasteiger charge is 2.01. The second-order valence-electron chi connectivity index (χ2n) is 5.12. The fourth-order valence-corrected chi connectivity index (χ4v) is 2.53. The van der Waals surface area contributed by atoms with E-state index >= 15 is 0 Å². The van der Waals surface area contributed by atoms with E-state index in [1.165, 1.54) is 22.4 Å². The van der Waals surface area contributed by atoms with Crippen molar-refractivity contribution in [1.82, 2.24) is 0 Å². The van der Waals surface area contributed by atoms with Gasteiger partial charge in [0, 0.05) is 16.8 Å². The first-order chi connectivity index (χ1) is 10.9. The van der Waals surface area contributed by atoms with Crippen LogP contribution in [0.5, 0.6) is 0 Å². The minimum absolute atomic E-state index is 0.754. The molecule has 0 aliphatic rings. The molecule has 22 heavy (non-hydrogen) atoms. The Balaban J connectivity index is 1.87. The molecule has 0 radical (unpaired) electrons. The smallest absolute Gasteiger partial charge is 0.142 e. The summed E-state index contributed by atoms with van der Waals surface area (Å²) in [5.41, 5.74) is 3.32. The van der Waals surface area contributed by atoms with E-state index in [4.69, 9.17) is 0 Å². The van der Waals surface area contributed by atoms with Gasteiger partial charge in [-0.05, 0) is 41.6 Å². The molecule has 1 N–H and O–H groups in total. The maximum absolute atomic E-state index is 10.3. The van der Waals surface area contributed by atoms with Crippen molar-refractivity contribution in [3.8, 4) is 0 Å². The van der Waals surface area contributed by atoms with E-state index in [9.17, 15) is 4.79 Å². The second-order valence-corrected chi connectivity index (χ2v) is 5.12. The molecule has 0 saturated heterocycles. The van der Waals surface area contributed by atoms with E-state index in [-0.39, 0.29) is 0 Å². The first-order valence-corrected chi connectivity index (χ1v) is 7.31. The molecular formula is C20H17NO. The zero-order chi connectivity index (χ0) is 15.2. The first kappa shape index (κ1) is 14.1. The Hall–Kier alpha value is -2.87. The quantitative estimate of drug-likeness (QED) is 0.535. The highest BCUT2D eigenvalue weighted by Crippen LogP contribution is 2.26. The Morgan fingerprint density at radius 3 is 2.64 bits per heavy atom. The first-order valence-electron chi connectivity index (χ1n) is 7.31. The molecule has 3 aromatic carbocycles. The lowest BCUT2D eigenvalue weighted by Crippen LogP contribution is -1.92. The van der Waals surface area contributed by atoms with Gasteiger partial charge in [0.1, 0.15) is 6.29 Å². The summed E-state index contributed by atoms with van der Waals surface area (Å²) in [7, 11) is 0. The van der Waals surface area contributed by atoms with Crippen LogP contribution in [0.2, 0.25) is 0 Å². The van der Waals surface area contributed by atoms with Crippen LogP contribution in [0.4, 0.5) is 11.4 Å². The Kier molecular flexibility index (Phi) is 4.30. The van der Waals surface area contributed by atoms with Gasteiger partial charge in [0.05, 0.1) is 0 Å². The number of fused-ring (bicyclic) bond motifs is 1. The molecule has 0 amide bonds. The number of aldehydes is 1. The lowest BCUT2D eigenvalue weighted by atomic mass is 10.1. The van der Waals surface area contributed by atoms with Crippen molar-refractivity contribution >= 4 is 28.4 Å². The third-order valence-electron chi connectivity index (χ3n) is 3.56. The second kappa shape index (κ2) is 6.72. The fourth-order valence-electron chi connectivity index (χ4n) is 2.53. The molecule has 0 spiro atoms. The van der Waals surface area contributed by atoms with Gasteiger partial charge >= 0.3 is 0 Å². The Labute approximate surface area is 130 Å². The van der Waals surface area contributed by atoms with Crippen LogP contribution >= 0.6 is 0 Å². The topological polar surface area (TPSA) is 29.1 Å². The standard InChI is InChI=1S/C20H17NO/c22-14-4-3-7-16-8-5-11-18(15-16)21-20-13-6-10-17-9-1-2-12-19(17)20/h1-6,8-15,21H,7H2. The molecule has 2 heteroatoms. The number of nitrogens with one attached hydrogen (secondary N) is 1. The molecule has 0 aromatic heterocycles. The molecule has 0 bridgehead atoms. The van der Waals surface area contributed by atoms with Gasteiger partial charge in [-0.25, -0.2) is 0 Å². The highest BCUT2D eigenvalue weighted by atomic mass is 16.1. The van der Waals surface area contributed by atoms with E-state index in [0.29, 0.717) is 0 Å². The Morgan fingerprint density at radius 1 is 0.909 bits per heavy atom. The van der Waals surface area contributed by atoms with Gasteiger partial charge in [0.15, 0.2) is 0 Å². The number of benzene rings is 3. The van der Waals surface area contributed by atoms with E-state index in [1.54, 1.807) is 0 Å². The molecule has 3 aromatic rings. The maximum atomic E-state index is 10.3. The summed E-state index contributed by atoms with van der Waals surface area (Å²) in [6, 6.07) is 22.8. The van der Waals surface area contributed by atoms with Crippen molar-refractivity contribution in [1.29, 1.82) is 0 Å². The van der Waals surface area contributed by atoms with Crippen LogP contribution in [0.25, 0.3) is 10.8 Å². The summed E-state index contributed by atoms with van der Waals surface area (Å²) in [4.78, 5) is 10.3. The molecule has 3 rings (SSSR count). The predicted octanol–water partition coefficient (Wildman–Crippen LogP) is 4.88. The van der Waals surface area contributed by atoms with E-state index < -0.39 is 0 Å². The molecule has 0 fully saturated rings. The molecule has 0 aliphatic carbocycles. The normalized spacial score (nSPS) is 10.9. The lowest BCUT2D eigenvalue weighted by Gasteiger charge is -2.10. The van der Waals surface area contributed by atoms with Crippen molar-refractivity contribution in [3.63, 3.8) is 0 Å². The van der Waals surface area contributed by atoms with Crippen LogP contribution in [-0.4, -0.2) is 6.29 Å². The van der Waals surface area contributed by atoms with Gasteiger partial charge in [-0.3, -0.25) is 4.79 Å². The zero-order valence-electron chi connectivity index (χ0n) is 12.2. The molecule has 0 atom stereocenters. The van der Waals surface area contributed by atoms with Crippen LogP contribution < -0.4 is 5.32 Å². The average Bonchev–Trinajstić information content (AvgIpc) is 2.56. The molecule has 0 heterocycles. The summed E-state index contributed by atoms with van der Waals surface area (Å²) in [6.07, 6.45) is 4.96. The molecular weight excluding hydrogens is 270 g/mol. The van der Waals surface area contributed by atoms with Crippen molar-refractivity contribution in [2.24, 2.45) is 0 Å². The molecule has 0 saturated carbocycles. The fraction of sp³-hybridized carbons (Fsp3) is 0.0500. The third-order valence-corrected chi connectivity index (χ3v) is 3.56. The Morgan fingerprint density at radius 2 is 1.73 bits per heavy atom. The van der Waals surface area contributed by atoms with E-state index in [2.05, 4.69) is 53.8 Å². The summed E-state index contributed by atoms with van der Waals surface area (Å²) in [5.74, 6) is 0. The van der Waals surface area contributed by atoms with Crippen LogP contribution in [0.15, 0.2) is 78.9 Å².